The molecule has 66 heavy (non-hydrogen) atoms. The van der Waals surface area contributed by atoms with Gasteiger partial charge in [0.05, 0.1) is 21.9 Å². The maximum Gasteiger partial charge on any atom is 0.164 e. The Kier molecular flexibility index (Phi) is 7.11. The molecule has 5 aromatic heterocycles. The van der Waals surface area contributed by atoms with E-state index in [1.54, 1.807) is 11.3 Å². The van der Waals surface area contributed by atoms with Crippen LogP contribution in [-0.2, 0) is 5.41 Å². The number of para-hydroxylation sites is 1. The molecule has 5 heterocycles. The van der Waals surface area contributed by atoms with Gasteiger partial charge in [-0.25, -0.2) is 15.0 Å². The first-order valence-electron chi connectivity index (χ1n) is 22.5. The maximum atomic E-state index is 6.56. The summed E-state index contributed by atoms with van der Waals surface area (Å²) in [4.78, 5) is 16.1. The average molecular weight is 861 g/mol. The summed E-state index contributed by atoms with van der Waals surface area (Å²) in [5.41, 5.74) is 15.4. The van der Waals surface area contributed by atoms with Crippen LogP contribution in [0.15, 0.2) is 186 Å². The van der Waals surface area contributed by atoms with Crippen LogP contribution in [0, 0.1) is 0 Å². The Labute approximate surface area is 382 Å². The van der Waals surface area contributed by atoms with Crippen molar-refractivity contribution in [2.45, 2.75) is 19.3 Å². The van der Waals surface area contributed by atoms with Crippen molar-refractivity contribution >= 4 is 91.5 Å². The molecule has 0 saturated carbocycles. The van der Waals surface area contributed by atoms with Crippen LogP contribution < -0.4 is 0 Å². The van der Waals surface area contributed by atoms with E-state index in [1.165, 1.54) is 69.6 Å². The Morgan fingerprint density at radius 3 is 1.98 bits per heavy atom. The molecule has 15 rings (SSSR count). The molecule has 0 spiro atoms. The van der Waals surface area contributed by atoms with Crippen molar-refractivity contribution in [3.05, 3.63) is 193 Å². The SMILES string of the molecule is CC1(C)c2ccccc2-c2ccc(-c3nc(-c4cccc(-c5ccc6c(c5)c5cccc7oc8ccc9c%10ccccc%10n6c9c8c75)c4)nc(-c4cccc5sc6ccccc6c45)n3)cc21. The highest BCUT2D eigenvalue weighted by Crippen LogP contribution is 2.50. The number of hydrogen-bond acceptors (Lipinski definition) is 5. The fraction of sp³-hybridized carbons (Fsp3) is 0.0500. The van der Waals surface area contributed by atoms with Crippen molar-refractivity contribution in [1.82, 2.24) is 19.4 Å². The largest absolute Gasteiger partial charge is 0.456 e. The number of nitrogens with zero attached hydrogens (tertiary/aromatic N) is 4. The lowest BCUT2D eigenvalue weighted by atomic mass is 9.82. The topological polar surface area (TPSA) is 56.2 Å². The molecule has 0 bridgehead atoms. The van der Waals surface area contributed by atoms with Gasteiger partial charge >= 0.3 is 0 Å². The molecule has 9 aromatic carbocycles. The van der Waals surface area contributed by atoms with Crippen LogP contribution in [0.2, 0.25) is 0 Å². The van der Waals surface area contributed by atoms with Gasteiger partial charge in [-0.2, -0.15) is 0 Å². The summed E-state index contributed by atoms with van der Waals surface area (Å²) in [5.74, 6) is 1.95. The van der Waals surface area contributed by atoms with Crippen molar-refractivity contribution in [3.63, 3.8) is 0 Å². The summed E-state index contributed by atoms with van der Waals surface area (Å²) in [6, 6.07) is 65.7. The van der Waals surface area contributed by atoms with Crippen LogP contribution in [0.5, 0.6) is 0 Å². The smallest absolute Gasteiger partial charge is 0.164 e. The molecule has 0 radical (unpaired) electrons. The fourth-order valence-electron chi connectivity index (χ4n) is 11.4. The average Bonchev–Trinajstić information content (AvgIpc) is 4.08. The van der Waals surface area contributed by atoms with Crippen LogP contribution in [0.3, 0.4) is 0 Å². The van der Waals surface area contributed by atoms with Gasteiger partial charge in [0.15, 0.2) is 17.5 Å². The van der Waals surface area contributed by atoms with Gasteiger partial charge in [-0.1, -0.05) is 135 Å². The zero-order chi connectivity index (χ0) is 43.4. The van der Waals surface area contributed by atoms with Gasteiger partial charge in [0, 0.05) is 63.8 Å². The minimum absolute atomic E-state index is 0.164. The number of hydrogen-bond donors (Lipinski definition) is 0. The van der Waals surface area contributed by atoms with E-state index in [9.17, 15) is 0 Å². The molecule has 1 aliphatic rings. The van der Waals surface area contributed by atoms with Crippen LogP contribution in [0.25, 0.3) is 137 Å². The molecule has 0 aliphatic heterocycles. The van der Waals surface area contributed by atoms with Gasteiger partial charge in [0.2, 0.25) is 0 Å². The van der Waals surface area contributed by atoms with Crippen molar-refractivity contribution in [2.24, 2.45) is 0 Å². The molecule has 6 heteroatoms. The summed E-state index contributed by atoms with van der Waals surface area (Å²) >= 11 is 1.81. The van der Waals surface area contributed by atoms with Gasteiger partial charge in [-0.15, -0.1) is 11.3 Å². The number of thiophene rings is 1. The second-order valence-corrected chi connectivity index (χ2v) is 19.4. The summed E-state index contributed by atoms with van der Waals surface area (Å²) < 4.78 is 11.5. The summed E-state index contributed by atoms with van der Waals surface area (Å²) in [6.07, 6.45) is 0. The number of benzene rings is 9. The first kappa shape index (κ1) is 36.2. The normalized spacial score (nSPS) is 13.4. The third kappa shape index (κ3) is 4.86. The maximum absolute atomic E-state index is 6.56. The third-order valence-electron chi connectivity index (χ3n) is 14.4. The van der Waals surface area contributed by atoms with Gasteiger partial charge in [-0.3, -0.25) is 0 Å². The van der Waals surface area contributed by atoms with Gasteiger partial charge in [0.25, 0.3) is 0 Å². The van der Waals surface area contributed by atoms with E-state index >= 15 is 0 Å². The van der Waals surface area contributed by atoms with Gasteiger partial charge < -0.3 is 8.82 Å². The number of rotatable bonds is 4. The van der Waals surface area contributed by atoms with E-state index in [0.717, 1.165) is 60.7 Å². The molecule has 0 atom stereocenters. The molecule has 1 aliphatic carbocycles. The predicted molar refractivity (Wildman–Crippen MR) is 274 cm³/mol. The first-order chi connectivity index (χ1) is 32.5. The summed E-state index contributed by atoms with van der Waals surface area (Å²) in [5, 5.41) is 9.50. The van der Waals surface area contributed by atoms with Crippen molar-refractivity contribution in [2.75, 3.05) is 0 Å². The van der Waals surface area contributed by atoms with Crippen LogP contribution in [-0.4, -0.2) is 19.4 Å². The van der Waals surface area contributed by atoms with Crippen molar-refractivity contribution in [3.8, 4) is 56.4 Å². The lowest BCUT2D eigenvalue weighted by Gasteiger charge is -2.21. The minimum atomic E-state index is -0.164. The Balaban J connectivity index is 0.947. The molecular formula is C60H36N4OS. The Morgan fingerprint density at radius 1 is 0.409 bits per heavy atom. The quantitative estimate of drug-likeness (QED) is 0.177. The zero-order valence-electron chi connectivity index (χ0n) is 35.9. The molecule has 0 unspecified atom stereocenters. The van der Waals surface area contributed by atoms with Crippen molar-refractivity contribution in [1.29, 1.82) is 0 Å². The molecule has 5 nitrogen and oxygen atoms in total. The van der Waals surface area contributed by atoms with Crippen LogP contribution >= 0.6 is 11.3 Å². The number of fused-ring (bicyclic) bond motifs is 12. The molecule has 308 valence electrons. The highest BCUT2D eigenvalue weighted by Gasteiger charge is 2.35. The molecular weight excluding hydrogens is 825 g/mol. The van der Waals surface area contributed by atoms with E-state index in [-0.39, 0.29) is 5.41 Å². The Morgan fingerprint density at radius 2 is 1.06 bits per heavy atom. The highest BCUT2D eigenvalue weighted by atomic mass is 32.1. The zero-order valence-corrected chi connectivity index (χ0v) is 36.7. The molecule has 0 N–H and O–H groups in total. The van der Waals surface area contributed by atoms with Gasteiger partial charge in [-0.05, 0) is 99.4 Å². The summed E-state index contributed by atoms with van der Waals surface area (Å²) in [7, 11) is 0. The van der Waals surface area contributed by atoms with E-state index in [0.29, 0.717) is 17.5 Å². The number of aromatic nitrogens is 4. The van der Waals surface area contributed by atoms with E-state index in [4.69, 9.17) is 19.4 Å². The first-order valence-corrected chi connectivity index (χ1v) is 23.3. The Bertz CT molecular complexity index is 4400. The van der Waals surface area contributed by atoms with E-state index < -0.39 is 0 Å². The second kappa shape index (κ2) is 13.0. The monoisotopic (exact) mass is 860 g/mol. The van der Waals surface area contributed by atoms with Crippen LogP contribution in [0.4, 0.5) is 0 Å². The number of furan rings is 1. The third-order valence-corrected chi connectivity index (χ3v) is 15.5. The minimum Gasteiger partial charge on any atom is -0.456 e. The molecule has 0 fully saturated rings. The fourth-order valence-corrected chi connectivity index (χ4v) is 12.5. The molecule has 0 amide bonds. The Hall–Kier alpha value is -8.19. The lowest BCUT2D eigenvalue weighted by molar-refractivity contribution is 0.660. The summed E-state index contributed by atoms with van der Waals surface area (Å²) in [6.45, 7) is 4.64. The second-order valence-electron chi connectivity index (χ2n) is 18.3. The highest BCUT2D eigenvalue weighted by molar-refractivity contribution is 7.25. The standard InChI is InChI=1S/C60H36N4OS/c1-60(2)45-19-6-3-14-37(45)38-26-24-36(32-46(38)60)58-61-57(62-59(63-58)43-18-11-23-52-53(43)42-16-5-8-22-51(42)66-52)35-13-9-12-33(30-35)34-25-28-48-44(31-34)40-17-10-21-49-54(40)55-50(65-49)29-27-41-39-15-4-7-20-47(39)64(48)56(41)55/h3-32H,1-2H3. The van der Waals surface area contributed by atoms with E-state index in [1.807, 2.05) is 0 Å². The van der Waals surface area contributed by atoms with Gasteiger partial charge in [0.1, 0.15) is 11.2 Å². The predicted octanol–water partition coefficient (Wildman–Crippen LogP) is 16.3. The lowest BCUT2D eigenvalue weighted by Crippen LogP contribution is -2.15. The van der Waals surface area contributed by atoms with E-state index in [2.05, 4.69) is 200 Å². The van der Waals surface area contributed by atoms with Crippen molar-refractivity contribution < 1.29 is 4.42 Å². The molecule has 14 aromatic rings. The molecule has 0 saturated heterocycles. The van der Waals surface area contributed by atoms with Crippen LogP contribution in [0.1, 0.15) is 25.0 Å².